The molecule has 4 N–H and O–H groups in total. The third-order valence-corrected chi connectivity index (χ3v) is 2.51. The molecule has 0 saturated carbocycles. The van der Waals surface area contributed by atoms with Crippen molar-refractivity contribution < 1.29 is 24.9 Å². The van der Waals surface area contributed by atoms with Crippen molar-refractivity contribution in [2.75, 3.05) is 6.61 Å². The molecule has 0 spiro atoms. The number of aliphatic hydroxyl groups excluding tert-OH is 2. The first-order valence-electron chi connectivity index (χ1n) is 5.99. The second kappa shape index (κ2) is 7.04. The van der Waals surface area contributed by atoms with Crippen molar-refractivity contribution in [2.24, 2.45) is 5.41 Å². The summed E-state index contributed by atoms with van der Waals surface area (Å²) in [6, 6.07) is -0.948. The third kappa shape index (κ3) is 5.77. The van der Waals surface area contributed by atoms with Crippen LogP contribution in [0.3, 0.4) is 0 Å². The largest absolute Gasteiger partial charge is 0.394 e. The molecule has 0 radical (unpaired) electrons. The number of aliphatic hydroxyl groups is 3. The maximum absolute atomic E-state index is 11.1. The Hall–Kier alpha value is -0.690. The Kier molecular flexibility index (Phi) is 6.77. The topological polar surface area (TPSA) is 99.0 Å². The van der Waals surface area contributed by atoms with Gasteiger partial charge in [-0.2, -0.15) is 0 Å². The van der Waals surface area contributed by atoms with Gasteiger partial charge < -0.3 is 25.4 Å². The van der Waals surface area contributed by atoms with Gasteiger partial charge in [-0.25, -0.2) is 0 Å². The molecule has 0 saturated heterocycles. The van der Waals surface area contributed by atoms with Crippen molar-refractivity contribution in [1.82, 2.24) is 5.32 Å². The van der Waals surface area contributed by atoms with E-state index in [2.05, 4.69) is 5.32 Å². The molecule has 0 rings (SSSR count). The number of hydrogen-bond acceptors (Lipinski definition) is 5. The summed E-state index contributed by atoms with van der Waals surface area (Å²) in [5, 5.41) is 30.2. The van der Waals surface area contributed by atoms with Gasteiger partial charge in [-0.15, -0.1) is 0 Å². The van der Waals surface area contributed by atoms with E-state index in [4.69, 9.17) is 9.84 Å². The molecule has 0 aliphatic carbocycles. The summed E-state index contributed by atoms with van der Waals surface area (Å²) in [5.74, 6) is -0.373. The summed E-state index contributed by atoms with van der Waals surface area (Å²) in [6.07, 6.45) is -2.82. The molecule has 108 valence electrons. The lowest BCUT2D eigenvalue weighted by Crippen LogP contribution is -2.56. The average molecular weight is 263 g/mol. The lowest BCUT2D eigenvalue weighted by Gasteiger charge is -2.39. The highest BCUT2D eigenvalue weighted by atomic mass is 16.5. The Morgan fingerprint density at radius 1 is 1.33 bits per heavy atom. The number of amides is 1. The van der Waals surface area contributed by atoms with Crippen molar-refractivity contribution in [1.29, 1.82) is 0 Å². The summed E-state index contributed by atoms with van der Waals surface area (Å²) >= 11 is 0. The molecular weight excluding hydrogens is 238 g/mol. The quantitative estimate of drug-likeness (QED) is 0.489. The molecule has 0 aromatic rings. The summed E-state index contributed by atoms with van der Waals surface area (Å²) in [6.45, 7) is 8.37. The van der Waals surface area contributed by atoms with E-state index in [0.717, 1.165) is 0 Å². The number of carbonyl (C=O) groups is 1. The number of ether oxygens (including phenoxy) is 1. The van der Waals surface area contributed by atoms with Crippen LogP contribution in [0.4, 0.5) is 0 Å². The van der Waals surface area contributed by atoms with Gasteiger partial charge in [0.05, 0.1) is 18.8 Å². The summed E-state index contributed by atoms with van der Waals surface area (Å²) < 4.78 is 5.60. The summed E-state index contributed by atoms with van der Waals surface area (Å²) in [7, 11) is 0. The first-order valence-corrected chi connectivity index (χ1v) is 5.99. The SMILES string of the molecule is CC(=O)NC(C(O)O)C(OC(C)CO)C(C)(C)C. The van der Waals surface area contributed by atoms with Crippen LogP contribution in [0.1, 0.15) is 34.6 Å². The lowest BCUT2D eigenvalue weighted by atomic mass is 9.84. The Morgan fingerprint density at radius 2 is 1.83 bits per heavy atom. The fourth-order valence-electron chi connectivity index (χ4n) is 1.66. The Morgan fingerprint density at radius 3 is 2.11 bits per heavy atom. The highest BCUT2D eigenvalue weighted by Gasteiger charge is 2.38. The predicted molar refractivity (Wildman–Crippen MR) is 66.7 cm³/mol. The molecule has 1 amide bonds. The molecule has 6 nitrogen and oxygen atoms in total. The normalized spacial score (nSPS) is 17.4. The molecule has 0 heterocycles. The van der Waals surface area contributed by atoms with Gasteiger partial charge in [0.15, 0.2) is 6.29 Å². The average Bonchev–Trinajstić information content (AvgIpc) is 2.20. The number of rotatable bonds is 6. The molecule has 0 fully saturated rings. The third-order valence-electron chi connectivity index (χ3n) is 2.51. The molecular formula is C12H25NO5. The smallest absolute Gasteiger partial charge is 0.217 e. The van der Waals surface area contributed by atoms with Crippen LogP contribution in [0.15, 0.2) is 0 Å². The molecule has 6 heteroatoms. The number of nitrogens with one attached hydrogen (secondary N) is 1. The van der Waals surface area contributed by atoms with Crippen LogP contribution in [0, 0.1) is 5.41 Å². The van der Waals surface area contributed by atoms with Gasteiger partial charge in [-0.1, -0.05) is 20.8 Å². The maximum atomic E-state index is 11.1. The van der Waals surface area contributed by atoms with Crippen LogP contribution in [0.5, 0.6) is 0 Å². The summed E-state index contributed by atoms with van der Waals surface area (Å²) in [5.41, 5.74) is -0.430. The van der Waals surface area contributed by atoms with E-state index in [-0.39, 0.29) is 12.5 Å². The second-order valence-electron chi connectivity index (χ2n) is 5.56. The molecule has 0 aliphatic rings. The molecule has 0 aliphatic heterocycles. The van der Waals surface area contributed by atoms with Crippen molar-refractivity contribution in [2.45, 2.75) is 59.2 Å². The van der Waals surface area contributed by atoms with Crippen molar-refractivity contribution in [3.05, 3.63) is 0 Å². The molecule has 0 aromatic carbocycles. The fourth-order valence-corrected chi connectivity index (χ4v) is 1.66. The first-order chi connectivity index (χ1) is 8.09. The number of carbonyl (C=O) groups excluding carboxylic acids is 1. The van der Waals surface area contributed by atoms with E-state index in [1.54, 1.807) is 6.92 Å². The van der Waals surface area contributed by atoms with Gasteiger partial charge in [0, 0.05) is 6.92 Å². The minimum Gasteiger partial charge on any atom is -0.394 e. The summed E-state index contributed by atoms with van der Waals surface area (Å²) in [4.78, 5) is 11.1. The molecule has 3 atom stereocenters. The van der Waals surface area contributed by atoms with E-state index in [9.17, 15) is 15.0 Å². The van der Waals surface area contributed by atoms with E-state index >= 15 is 0 Å². The van der Waals surface area contributed by atoms with Gasteiger partial charge in [0.2, 0.25) is 5.91 Å². The van der Waals surface area contributed by atoms with Gasteiger partial charge in [-0.3, -0.25) is 4.79 Å². The number of hydrogen-bond donors (Lipinski definition) is 4. The fraction of sp³-hybridized carbons (Fsp3) is 0.917. The predicted octanol–water partition coefficient (Wildman–Crippen LogP) is -0.386. The van der Waals surface area contributed by atoms with Gasteiger partial charge >= 0.3 is 0 Å². The zero-order chi connectivity index (χ0) is 14.5. The minimum absolute atomic E-state index is 0.180. The molecule has 0 aromatic heterocycles. The molecule has 0 bridgehead atoms. The van der Waals surface area contributed by atoms with Crippen LogP contribution >= 0.6 is 0 Å². The van der Waals surface area contributed by atoms with E-state index in [1.165, 1.54) is 6.92 Å². The minimum atomic E-state index is -1.73. The van der Waals surface area contributed by atoms with Crippen molar-refractivity contribution in [3.63, 3.8) is 0 Å². The zero-order valence-corrected chi connectivity index (χ0v) is 11.7. The van der Waals surface area contributed by atoms with Gasteiger partial charge in [0.1, 0.15) is 6.04 Å². The van der Waals surface area contributed by atoms with Crippen LogP contribution in [0.25, 0.3) is 0 Å². The Labute approximate surface area is 108 Å². The second-order valence-corrected chi connectivity index (χ2v) is 5.56. The van der Waals surface area contributed by atoms with Gasteiger partial charge in [0.25, 0.3) is 0 Å². The van der Waals surface area contributed by atoms with Crippen LogP contribution in [-0.4, -0.2) is 52.4 Å². The molecule has 3 unspecified atom stereocenters. The van der Waals surface area contributed by atoms with E-state index in [0.29, 0.717) is 0 Å². The van der Waals surface area contributed by atoms with Crippen LogP contribution in [0.2, 0.25) is 0 Å². The Bertz CT molecular complexity index is 262. The maximum Gasteiger partial charge on any atom is 0.217 e. The first kappa shape index (κ1) is 17.3. The molecule has 18 heavy (non-hydrogen) atoms. The van der Waals surface area contributed by atoms with Gasteiger partial charge in [-0.05, 0) is 12.3 Å². The van der Waals surface area contributed by atoms with Crippen LogP contribution in [-0.2, 0) is 9.53 Å². The highest BCUT2D eigenvalue weighted by molar-refractivity contribution is 5.73. The highest BCUT2D eigenvalue weighted by Crippen LogP contribution is 2.27. The van der Waals surface area contributed by atoms with Crippen molar-refractivity contribution in [3.8, 4) is 0 Å². The lowest BCUT2D eigenvalue weighted by molar-refractivity contribution is -0.160. The van der Waals surface area contributed by atoms with Crippen molar-refractivity contribution >= 4 is 5.91 Å². The zero-order valence-electron chi connectivity index (χ0n) is 11.7. The van der Waals surface area contributed by atoms with E-state index < -0.39 is 30.0 Å². The van der Waals surface area contributed by atoms with E-state index in [1.807, 2.05) is 20.8 Å². The standard InChI is InChI=1S/C12H25NO5/c1-7(6-14)18-10(12(3,4)5)9(11(16)17)13-8(2)15/h7,9-11,14,16-17H,6H2,1-5H3,(H,13,15). The monoisotopic (exact) mass is 263 g/mol. The van der Waals surface area contributed by atoms with Crippen LogP contribution < -0.4 is 5.32 Å². The Balaban J connectivity index is 5.04.